The van der Waals surface area contributed by atoms with E-state index in [1.165, 1.54) is 25.1 Å². The van der Waals surface area contributed by atoms with E-state index in [2.05, 4.69) is 5.10 Å². The monoisotopic (exact) mass is 521 g/mol. The predicted octanol–water partition coefficient (Wildman–Crippen LogP) is 5.60. The summed E-state index contributed by atoms with van der Waals surface area (Å²) in [5.41, 5.74) is 1.20. The molecule has 0 N–H and O–H groups in total. The highest BCUT2D eigenvalue weighted by molar-refractivity contribution is 5.96. The number of carbonyl (C=O) groups excluding carboxylic acids is 1. The van der Waals surface area contributed by atoms with Crippen molar-refractivity contribution in [1.82, 2.24) is 0 Å². The van der Waals surface area contributed by atoms with Crippen LogP contribution in [-0.2, 0) is 16.0 Å². The van der Waals surface area contributed by atoms with Crippen LogP contribution in [0.15, 0.2) is 47.6 Å². The molecule has 10 heteroatoms. The topological polar surface area (TPSA) is 54.4 Å². The first-order valence-corrected chi connectivity index (χ1v) is 12.3. The quantitative estimate of drug-likeness (QED) is 0.351. The zero-order valence-electron chi connectivity index (χ0n) is 21.1. The molecule has 2 aromatic carbocycles. The lowest BCUT2D eigenvalue weighted by Crippen LogP contribution is -2.37. The Balaban J connectivity index is 1.41. The molecule has 0 aromatic heterocycles. The Morgan fingerprint density at radius 2 is 1.76 bits per heavy atom. The molecule has 0 saturated carbocycles. The molecule has 1 fully saturated rings. The molecule has 0 spiro atoms. The van der Waals surface area contributed by atoms with Gasteiger partial charge in [-0.3, -0.25) is 9.80 Å². The van der Waals surface area contributed by atoms with Gasteiger partial charge in [0.25, 0.3) is 0 Å². The minimum atomic E-state index is -4.58. The van der Waals surface area contributed by atoms with E-state index in [1.54, 1.807) is 31.4 Å². The van der Waals surface area contributed by atoms with Gasteiger partial charge in [0.1, 0.15) is 17.3 Å². The van der Waals surface area contributed by atoms with Crippen molar-refractivity contribution in [2.24, 2.45) is 16.9 Å². The Labute approximate surface area is 213 Å². The average molecular weight is 522 g/mol. The van der Waals surface area contributed by atoms with Gasteiger partial charge >= 0.3 is 12.1 Å². The smallest absolute Gasteiger partial charge is 0.431 e. The number of carbonyl (C=O) groups is 1. The van der Waals surface area contributed by atoms with E-state index < -0.39 is 29.8 Å². The standard InChI is InChI=1S/C27H31F4N3O3/c1-17-23(16-25(35)37-3)34(32-26(17)27(29,30)31)20-6-4-18(5-7-20)14-19-10-12-33(13-11-19)24-15-21(36-2)8-9-22(24)28/h4-9,15,17,19,23H,10-14,16H2,1-3H3/t17-,23-/m0/s1. The number of alkyl halides is 3. The summed E-state index contributed by atoms with van der Waals surface area (Å²) in [6, 6.07) is 11.2. The molecule has 2 aliphatic heterocycles. The normalized spacial score (nSPS) is 20.7. The lowest BCUT2D eigenvalue weighted by molar-refractivity contribution is -0.141. The fourth-order valence-corrected chi connectivity index (χ4v) is 5.11. The highest BCUT2D eigenvalue weighted by atomic mass is 19.4. The Hall–Kier alpha value is -3.30. The van der Waals surface area contributed by atoms with Crippen molar-refractivity contribution in [3.63, 3.8) is 0 Å². The number of ether oxygens (including phenoxy) is 2. The molecule has 200 valence electrons. The zero-order valence-corrected chi connectivity index (χ0v) is 21.1. The average Bonchev–Trinajstić information content (AvgIpc) is 3.21. The molecule has 0 unspecified atom stereocenters. The van der Waals surface area contributed by atoms with E-state index in [4.69, 9.17) is 9.47 Å². The number of hydrazone groups is 1. The van der Waals surface area contributed by atoms with E-state index >= 15 is 0 Å². The number of esters is 1. The minimum absolute atomic E-state index is 0.199. The number of halogens is 4. The number of piperidine rings is 1. The lowest BCUT2D eigenvalue weighted by atomic mass is 9.89. The molecule has 37 heavy (non-hydrogen) atoms. The fraction of sp³-hybridized carbons (Fsp3) is 0.481. The fourth-order valence-electron chi connectivity index (χ4n) is 5.11. The third-order valence-corrected chi connectivity index (χ3v) is 7.27. The summed E-state index contributed by atoms with van der Waals surface area (Å²) in [6.45, 7) is 2.88. The molecule has 2 aliphatic rings. The summed E-state index contributed by atoms with van der Waals surface area (Å²) in [6.07, 6.45) is -2.18. The maximum atomic E-state index is 14.3. The van der Waals surface area contributed by atoms with Gasteiger partial charge in [-0.25, -0.2) is 4.39 Å². The lowest BCUT2D eigenvalue weighted by Gasteiger charge is -2.34. The summed E-state index contributed by atoms with van der Waals surface area (Å²) in [4.78, 5) is 13.9. The SMILES string of the molecule is COC(=O)C[C@H]1[C@H](C)C(C(F)(F)F)=NN1c1ccc(CC2CCN(c3cc(OC)ccc3F)CC2)cc1. The first-order valence-electron chi connectivity index (χ1n) is 12.3. The van der Waals surface area contributed by atoms with Crippen molar-refractivity contribution >= 4 is 23.1 Å². The number of methoxy groups -OCH3 is 2. The van der Waals surface area contributed by atoms with E-state index in [0.29, 0.717) is 23.0 Å². The minimum Gasteiger partial charge on any atom is -0.497 e. The van der Waals surface area contributed by atoms with Crippen LogP contribution in [0.25, 0.3) is 0 Å². The van der Waals surface area contributed by atoms with Crippen molar-refractivity contribution in [2.45, 2.75) is 44.8 Å². The highest BCUT2D eigenvalue weighted by Crippen LogP contribution is 2.37. The molecule has 6 nitrogen and oxygen atoms in total. The van der Waals surface area contributed by atoms with Crippen LogP contribution < -0.4 is 14.6 Å². The Morgan fingerprint density at radius 1 is 1.08 bits per heavy atom. The van der Waals surface area contributed by atoms with Crippen LogP contribution in [-0.4, -0.2) is 51.2 Å². The first kappa shape index (κ1) is 26.8. The van der Waals surface area contributed by atoms with Crippen LogP contribution in [0, 0.1) is 17.7 Å². The van der Waals surface area contributed by atoms with Crippen LogP contribution >= 0.6 is 0 Å². The third kappa shape index (κ3) is 5.99. The third-order valence-electron chi connectivity index (χ3n) is 7.27. The largest absolute Gasteiger partial charge is 0.497 e. The van der Waals surface area contributed by atoms with Crippen molar-refractivity contribution in [3.05, 3.63) is 53.8 Å². The molecule has 2 aromatic rings. The Morgan fingerprint density at radius 3 is 2.35 bits per heavy atom. The van der Waals surface area contributed by atoms with Gasteiger partial charge in [-0.1, -0.05) is 19.1 Å². The van der Waals surface area contributed by atoms with E-state index in [-0.39, 0.29) is 12.2 Å². The number of hydrogen-bond donors (Lipinski definition) is 0. The molecule has 0 amide bonds. The Kier molecular flexibility index (Phi) is 7.94. The van der Waals surface area contributed by atoms with Crippen molar-refractivity contribution in [3.8, 4) is 5.75 Å². The van der Waals surface area contributed by atoms with Gasteiger partial charge in [-0.2, -0.15) is 18.3 Å². The Bertz CT molecular complexity index is 1130. The summed E-state index contributed by atoms with van der Waals surface area (Å²) in [7, 11) is 2.77. The second-order valence-electron chi connectivity index (χ2n) is 9.58. The predicted molar refractivity (Wildman–Crippen MR) is 134 cm³/mol. The van der Waals surface area contributed by atoms with Gasteiger partial charge in [0.05, 0.1) is 38.1 Å². The van der Waals surface area contributed by atoms with Crippen molar-refractivity contribution in [1.29, 1.82) is 0 Å². The van der Waals surface area contributed by atoms with Crippen LogP contribution in [0.1, 0.15) is 31.7 Å². The summed E-state index contributed by atoms with van der Waals surface area (Å²) >= 11 is 0. The van der Waals surface area contributed by atoms with Crippen molar-refractivity contribution < 1.29 is 31.8 Å². The number of hydrogen-bond acceptors (Lipinski definition) is 6. The maximum Gasteiger partial charge on any atom is 0.431 e. The van der Waals surface area contributed by atoms with Gasteiger partial charge in [-0.05, 0) is 55.0 Å². The summed E-state index contributed by atoms with van der Waals surface area (Å²) in [5, 5.41) is 5.14. The van der Waals surface area contributed by atoms with Crippen LogP contribution in [0.5, 0.6) is 5.75 Å². The maximum absolute atomic E-state index is 14.3. The van der Waals surface area contributed by atoms with Crippen LogP contribution in [0.2, 0.25) is 0 Å². The summed E-state index contributed by atoms with van der Waals surface area (Å²) < 4.78 is 64.8. The molecule has 4 rings (SSSR count). The number of anilines is 2. The van der Waals surface area contributed by atoms with Gasteiger partial charge in [0.2, 0.25) is 0 Å². The molecule has 2 heterocycles. The second kappa shape index (κ2) is 11.0. The molecule has 0 radical (unpaired) electrons. The van der Waals surface area contributed by atoms with Crippen molar-refractivity contribution in [2.75, 3.05) is 37.2 Å². The van der Waals surface area contributed by atoms with Gasteiger partial charge < -0.3 is 14.4 Å². The molecule has 2 atom stereocenters. The molecular formula is C27H31F4N3O3. The second-order valence-corrected chi connectivity index (χ2v) is 9.58. The molecular weight excluding hydrogens is 490 g/mol. The van der Waals surface area contributed by atoms with E-state index in [0.717, 1.165) is 37.9 Å². The van der Waals surface area contributed by atoms with E-state index in [9.17, 15) is 22.4 Å². The van der Waals surface area contributed by atoms with Crippen LogP contribution in [0.3, 0.4) is 0 Å². The highest BCUT2D eigenvalue weighted by Gasteiger charge is 2.48. The van der Waals surface area contributed by atoms with Gasteiger partial charge in [0, 0.05) is 25.1 Å². The molecule has 0 aliphatic carbocycles. The van der Waals surface area contributed by atoms with Crippen LogP contribution in [0.4, 0.5) is 28.9 Å². The number of nitrogens with zero attached hydrogens (tertiary/aromatic N) is 3. The number of benzene rings is 2. The van der Waals surface area contributed by atoms with Gasteiger partial charge in [-0.15, -0.1) is 0 Å². The summed E-state index contributed by atoms with van der Waals surface area (Å²) in [5.74, 6) is -0.806. The first-order chi connectivity index (χ1) is 17.6. The molecule has 1 saturated heterocycles. The van der Waals surface area contributed by atoms with E-state index in [1.807, 2.05) is 17.0 Å². The molecule has 0 bridgehead atoms. The van der Waals surface area contributed by atoms with Gasteiger partial charge in [0.15, 0.2) is 0 Å². The zero-order chi connectivity index (χ0) is 26.7. The number of rotatable bonds is 7.